The van der Waals surface area contributed by atoms with Gasteiger partial charge in [-0.2, -0.15) is 0 Å². The molecule has 0 aliphatic carbocycles. The molecule has 0 bridgehead atoms. The third kappa shape index (κ3) is 3.35. The summed E-state index contributed by atoms with van der Waals surface area (Å²) in [5.74, 6) is -0.0472. The smallest absolute Gasteiger partial charge is 0.252 e. The summed E-state index contributed by atoms with van der Waals surface area (Å²) < 4.78 is 24.1. The van der Waals surface area contributed by atoms with E-state index in [0.29, 0.717) is 17.7 Å². The van der Waals surface area contributed by atoms with Crippen LogP contribution in [-0.4, -0.2) is 13.7 Å². The zero-order chi connectivity index (χ0) is 15.3. The van der Waals surface area contributed by atoms with E-state index < -0.39 is 13.2 Å². The molecule has 2 aromatic rings. The summed E-state index contributed by atoms with van der Waals surface area (Å²) in [4.78, 5) is 0. The van der Waals surface area contributed by atoms with Crippen LogP contribution in [0, 0.1) is 0 Å². The highest BCUT2D eigenvalue weighted by Gasteiger charge is 2.34. The zero-order valence-corrected chi connectivity index (χ0v) is 13.1. The minimum Gasteiger partial charge on any atom is -0.497 e. The minimum atomic E-state index is -3.19. The minimum absolute atomic E-state index is 0.337. The third-order valence-corrected chi connectivity index (χ3v) is 5.93. The van der Waals surface area contributed by atoms with Gasteiger partial charge in [-0.05, 0) is 36.8 Å². The molecular weight excluding hydrogens is 285 g/mol. The van der Waals surface area contributed by atoms with Gasteiger partial charge in [0.05, 0.1) is 13.7 Å². The summed E-state index contributed by atoms with van der Waals surface area (Å²) in [5.41, 5.74) is 7.00. The van der Waals surface area contributed by atoms with Gasteiger partial charge in [0.2, 0.25) is 0 Å². The molecule has 2 N–H and O–H groups in total. The number of ether oxygens (including phenoxy) is 1. The van der Waals surface area contributed by atoms with Crippen LogP contribution in [0.15, 0.2) is 54.6 Å². The van der Waals surface area contributed by atoms with Gasteiger partial charge in [0, 0.05) is 5.30 Å². The van der Waals surface area contributed by atoms with E-state index in [1.165, 1.54) is 0 Å². The predicted octanol–water partition coefficient (Wildman–Crippen LogP) is 3.29. The average Bonchev–Trinajstić information content (AvgIpc) is 2.55. The second-order valence-corrected chi connectivity index (χ2v) is 7.10. The lowest BCUT2D eigenvalue weighted by molar-refractivity contribution is 0.333. The van der Waals surface area contributed by atoms with E-state index in [-0.39, 0.29) is 0 Å². The van der Waals surface area contributed by atoms with Gasteiger partial charge in [-0.15, -0.1) is 0 Å². The molecule has 112 valence electrons. The number of hydrogen-bond donors (Lipinski definition) is 1. The van der Waals surface area contributed by atoms with E-state index in [1.54, 1.807) is 25.3 Å². The van der Waals surface area contributed by atoms with Gasteiger partial charge in [-0.25, -0.2) is 0 Å². The lowest BCUT2D eigenvalue weighted by Gasteiger charge is -2.25. The van der Waals surface area contributed by atoms with Crippen LogP contribution in [0.1, 0.15) is 18.3 Å². The van der Waals surface area contributed by atoms with Gasteiger partial charge in [0.25, 0.3) is 7.37 Å². The molecule has 2 rings (SSSR count). The first kappa shape index (κ1) is 15.8. The maximum Gasteiger partial charge on any atom is 0.252 e. The molecular formula is C16H20NO3P. The predicted molar refractivity (Wildman–Crippen MR) is 85.2 cm³/mol. The maximum absolute atomic E-state index is 13.3. The highest BCUT2D eigenvalue weighted by Crippen LogP contribution is 2.56. The molecule has 5 heteroatoms. The van der Waals surface area contributed by atoms with Crippen LogP contribution >= 0.6 is 7.37 Å². The van der Waals surface area contributed by atoms with E-state index in [1.807, 2.05) is 43.3 Å². The monoisotopic (exact) mass is 305 g/mol. The van der Waals surface area contributed by atoms with Gasteiger partial charge in [-0.1, -0.05) is 30.3 Å². The first-order valence-electron chi connectivity index (χ1n) is 6.81. The second-order valence-electron chi connectivity index (χ2n) is 4.57. The van der Waals surface area contributed by atoms with Gasteiger partial charge in [-0.3, -0.25) is 4.57 Å². The number of rotatable bonds is 6. The van der Waals surface area contributed by atoms with Crippen molar-refractivity contribution in [2.24, 2.45) is 5.73 Å². The summed E-state index contributed by atoms with van der Waals surface area (Å²) in [5, 5.41) is 0.627. The van der Waals surface area contributed by atoms with Crippen LogP contribution in [0.5, 0.6) is 5.75 Å². The summed E-state index contributed by atoms with van der Waals surface area (Å²) in [7, 11) is -1.61. The van der Waals surface area contributed by atoms with E-state index in [2.05, 4.69) is 0 Å². The molecule has 4 nitrogen and oxygen atoms in total. The fourth-order valence-electron chi connectivity index (χ4n) is 2.16. The van der Waals surface area contributed by atoms with Crippen LogP contribution in [0.4, 0.5) is 0 Å². The van der Waals surface area contributed by atoms with E-state index in [9.17, 15) is 4.57 Å². The van der Waals surface area contributed by atoms with Gasteiger partial charge >= 0.3 is 0 Å². The Morgan fingerprint density at radius 2 is 1.86 bits per heavy atom. The SMILES string of the molecule is CCOP(=O)(c1ccccc1)C(N)c1cccc(OC)c1. The second kappa shape index (κ2) is 6.90. The fraction of sp³-hybridized carbons (Fsp3) is 0.250. The van der Waals surface area contributed by atoms with Crippen LogP contribution < -0.4 is 15.8 Å². The number of benzene rings is 2. The van der Waals surface area contributed by atoms with Crippen molar-refractivity contribution in [1.82, 2.24) is 0 Å². The normalized spacial score (nSPS) is 15.2. The van der Waals surface area contributed by atoms with Crippen molar-refractivity contribution in [3.63, 3.8) is 0 Å². The maximum atomic E-state index is 13.3. The molecule has 0 aliphatic heterocycles. The molecule has 2 unspecified atom stereocenters. The average molecular weight is 305 g/mol. The van der Waals surface area contributed by atoms with E-state index in [0.717, 1.165) is 5.56 Å². The van der Waals surface area contributed by atoms with Gasteiger partial charge < -0.3 is 15.0 Å². The van der Waals surface area contributed by atoms with Crippen LogP contribution in [0.3, 0.4) is 0 Å². The molecule has 0 aromatic heterocycles. The van der Waals surface area contributed by atoms with Crippen molar-refractivity contribution in [3.05, 3.63) is 60.2 Å². The standard InChI is InChI=1S/C16H20NO3P/c1-3-20-21(18,15-10-5-4-6-11-15)16(17)13-8-7-9-14(12-13)19-2/h4-12,16H,3,17H2,1-2H3. The summed E-state index contributed by atoms with van der Waals surface area (Å²) >= 11 is 0. The highest BCUT2D eigenvalue weighted by atomic mass is 31.2. The molecule has 0 saturated heterocycles. The Balaban J connectivity index is 2.44. The quantitative estimate of drug-likeness (QED) is 0.832. The van der Waals surface area contributed by atoms with Crippen molar-refractivity contribution < 1.29 is 13.8 Å². The number of nitrogens with two attached hydrogens (primary N) is 1. The molecule has 0 spiro atoms. The highest BCUT2D eigenvalue weighted by molar-refractivity contribution is 7.67. The summed E-state index contributed by atoms with van der Waals surface area (Å²) in [6.45, 7) is 2.15. The molecule has 0 fully saturated rings. The van der Waals surface area contributed by atoms with Gasteiger partial charge in [0.1, 0.15) is 11.5 Å². The molecule has 0 amide bonds. The molecule has 0 radical (unpaired) electrons. The lowest BCUT2D eigenvalue weighted by atomic mass is 10.2. The number of methoxy groups -OCH3 is 1. The molecule has 2 atom stereocenters. The van der Waals surface area contributed by atoms with Crippen molar-refractivity contribution in [3.8, 4) is 5.75 Å². The van der Waals surface area contributed by atoms with Crippen molar-refractivity contribution >= 4 is 12.7 Å². The Morgan fingerprint density at radius 1 is 1.14 bits per heavy atom. The number of hydrogen-bond acceptors (Lipinski definition) is 4. The fourth-order valence-corrected chi connectivity index (χ4v) is 4.32. The van der Waals surface area contributed by atoms with Gasteiger partial charge in [0.15, 0.2) is 0 Å². The first-order valence-corrected chi connectivity index (χ1v) is 8.50. The molecule has 21 heavy (non-hydrogen) atoms. The third-order valence-electron chi connectivity index (χ3n) is 3.24. The van der Waals surface area contributed by atoms with Crippen molar-refractivity contribution in [2.45, 2.75) is 12.7 Å². The molecule has 0 heterocycles. The lowest BCUT2D eigenvalue weighted by Crippen LogP contribution is -2.20. The molecule has 2 aromatic carbocycles. The Morgan fingerprint density at radius 3 is 2.48 bits per heavy atom. The largest absolute Gasteiger partial charge is 0.497 e. The first-order chi connectivity index (χ1) is 10.1. The van der Waals surface area contributed by atoms with E-state index in [4.69, 9.17) is 15.0 Å². The Bertz CT molecular complexity index is 630. The van der Waals surface area contributed by atoms with Crippen LogP contribution in [-0.2, 0) is 9.09 Å². The van der Waals surface area contributed by atoms with E-state index >= 15 is 0 Å². The summed E-state index contributed by atoms with van der Waals surface area (Å²) in [6, 6.07) is 16.4. The summed E-state index contributed by atoms with van der Waals surface area (Å²) in [6.07, 6.45) is 0. The van der Waals surface area contributed by atoms with Crippen molar-refractivity contribution in [2.75, 3.05) is 13.7 Å². The molecule has 0 saturated carbocycles. The van der Waals surface area contributed by atoms with Crippen LogP contribution in [0.25, 0.3) is 0 Å². The Labute approximate surface area is 125 Å². The topological polar surface area (TPSA) is 61.5 Å². The zero-order valence-electron chi connectivity index (χ0n) is 12.2. The molecule has 0 aliphatic rings. The van der Waals surface area contributed by atoms with Crippen LogP contribution in [0.2, 0.25) is 0 Å². The Kier molecular flexibility index (Phi) is 5.18. The van der Waals surface area contributed by atoms with Crippen molar-refractivity contribution in [1.29, 1.82) is 0 Å². The Hall–Kier alpha value is -1.61.